The number of carbonyl (C=O) groups excluding carboxylic acids is 2. The number of amides is 2. The molecule has 9 heteroatoms. The smallest absolute Gasteiger partial charge is 0.416 e. The predicted molar refractivity (Wildman–Crippen MR) is 101 cm³/mol. The highest BCUT2D eigenvalue weighted by Gasteiger charge is 2.35. The number of carbonyl (C=O) groups is 2. The summed E-state index contributed by atoms with van der Waals surface area (Å²) in [5.74, 6) is 0.276. The van der Waals surface area contributed by atoms with E-state index in [2.05, 4.69) is 5.32 Å². The van der Waals surface area contributed by atoms with E-state index in [9.17, 15) is 22.8 Å². The molecule has 0 spiro atoms. The van der Waals surface area contributed by atoms with Crippen LogP contribution in [-0.4, -0.2) is 31.7 Å². The summed E-state index contributed by atoms with van der Waals surface area (Å²) < 4.78 is 48.4. The van der Waals surface area contributed by atoms with Crippen molar-refractivity contribution < 1.29 is 32.2 Å². The zero-order chi connectivity index (χ0) is 21.3. The lowest BCUT2D eigenvalue weighted by Gasteiger charge is -2.17. The third kappa shape index (κ3) is 4.19. The van der Waals surface area contributed by atoms with Crippen LogP contribution >= 0.6 is 0 Å². The lowest BCUT2D eigenvalue weighted by Crippen LogP contribution is -2.34. The molecule has 1 N–H and O–H groups in total. The standard InChI is InChI=1S/C21H19F3N2O4/c22-21(23,24)15-3-1-13(2-4-15)7-8-25-20(28)14-9-19(27)26(11-14)16-5-6-17-18(10-16)30-12-29-17/h1-6,10,14H,7-9,11-12H2,(H,25,28)/t14-/m1/s1. The number of halogens is 3. The van der Waals surface area contributed by atoms with Gasteiger partial charge in [-0.15, -0.1) is 0 Å². The van der Waals surface area contributed by atoms with Gasteiger partial charge in [0.05, 0.1) is 11.5 Å². The van der Waals surface area contributed by atoms with E-state index >= 15 is 0 Å². The molecule has 6 nitrogen and oxygen atoms in total. The first-order valence-electron chi connectivity index (χ1n) is 9.45. The summed E-state index contributed by atoms with van der Waals surface area (Å²) in [7, 11) is 0. The van der Waals surface area contributed by atoms with E-state index in [-0.39, 0.29) is 38.1 Å². The molecular formula is C21H19F3N2O4. The van der Waals surface area contributed by atoms with Gasteiger partial charge in [-0.2, -0.15) is 13.2 Å². The minimum absolute atomic E-state index is 0.0978. The van der Waals surface area contributed by atoms with Crippen molar-refractivity contribution in [2.45, 2.75) is 19.0 Å². The second-order valence-corrected chi connectivity index (χ2v) is 7.18. The fraction of sp³-hybridized carbons (Fsp3) is 0.333. The molecule has 158 valence electrons. The largest absolute Gasteiger partial charge is 0.454 e. The highest BCUT2D eigenvalue weighted by atomic mass is 19.4. The second-order valence-electron chi connectivity index (χ2n) is 7.18. The average molecular weight is 420 g/mol. The van der Waals surface area contributed by atoms with Crippen LogP contribution in [0.4, 0.5) is 18.9 Å². The van der Waals surface area contributed by atoms with Crippen molar-refractivity contribution >= 4 is 17.5 Å². The Labute approximate surface area is 170 Å². The van der Waals surface area contributed by atoms with Gasteiger partial charge in [0.2, 0.25) is 18.6 Å². The Hall–Kier alpha value is -3.23. The Morgan fingerprint density at radius 2 is 1.83 bits per heavy atom. The highest BCUT2D eigenvalue weighted by molar-refractivity contribution is 6.00. The molecule has 2 aliphatic rings. The number of nitrogens with one attached hydrogen (secondary N) is 1. The molecule has 2 aliphatic heterocycles. The number of fused-ring (bicyclic) bond motifs is 1. The minimum Gasteiger partial charge on any atom is -0.454 e. The van der Waals surface area contributed by atoms with Crippen molar-refractivity contribution in [2.24, 2.45) is 5.92 Å². The first kappa shape index (κ1) is 20.1. The van der Waals surface area contributed by atoms with E-state index in [4.69, 9.17) is 9.47 Å². The van der Waals surface area contributed by atoms with E-state index < -0.39 is 17.7 Å². The molecule has 2 amide bonds. The third-order valence-corrected chi connectivity index (χ3v) is 5.16. The van der Waals surface area contributed by atoms with Gasteiger partial charge in [-0.25, -0.2) is 0 Å². The molecule has 4 rings (SSSR count). The molecule has 1 atom stereocenters. The summed E-state index contributed by atoms with van der Waals surface area (Å²) in [4.78, 5) is 26.4. The summed E-state index contributed by atoms with van der Waals surface area (Å²) in [5, 5.41) is 2.77. The maximum absolute atomic E-state index is 12.6. The summed E-state index contributed by atoms with van der Waals surface area (Å²) in [5.41, 5.74) is 0.625. The lowest BCUT2D eigenvalue weighted by molar-refractivity contribution is -0.137. The van der Waals surface area contributed by atoms with E-state index in [0.717, 1.165) is 12.1 Å². The normalized spacial score (nSPS) is 18.0. The van der Waals surface area contributed by atoms with Crippen molar-refractivity contribution in [1.29, 1.82) is 0 Å². The molecular weight excluding hydrogens is 401 g/mol. The number of rotatable bonds is 5. The Morgan fingerprint density at radius 1 is 1.10 bits per heavy atom. The molecule has 2 heterocycles. The van der Waals surface area contributed by atoms with Crippen molar-refractivity contribution in [1.82, 2.24) is 5.32 Å². The Bertz CT molecular complexity index is 960. The zero-order valence-electron chi connectivity index (χ0n) is 15.9. The highest BCUT2D eigenvalue weighted by Crippen LogP contribution is 2.37. The van der Waals surface area contributed by atoms with Gasteiger partial charge in [0, 0.05) is 31.3 Å². The van der Waals surface area contributed by atoms with Gasteiger partial charge in [0.1, 0.15) is 0 Å². The Balaban J connectivity index is 1.30. The molecule has 0 aliphatic carbocycles. The van der Waals surface area contributed by atoms with Crippen molar-refractivity contribution in [3.8, 4) is 11.5 Å². The monoisotopic (exact) mass is 420 g/mol. The van der Waals surface area contributed by atoms with E-state index in [1.807, 2.05) is 0 Å². The van der Waals surface area contributed by atoms with Crippen LogP contribution in [0.2, 0.25) is 0 Å². The van der Waals surface area contributed by atoms with Gasteiger partial charge in [-0.3, -0.25) is 9.59 Å². The molecule has 2 aromatic rings. The summed E-state index contributed by atoms with van der Waals surface area (Å²) >= 11 is 0. The molecule has 0 bridgehead atoms. The van der Waals surface area contributed by atoms with Gasteiger partial charge in [-0.05, 0) is 36.2 Å². The van der Waals surface area contributed by atoms with Crippen molar-refractivity contribution in [2.75, 3.05) is 24.8 Å². The third-order valence-electron chi connectivity index (χ3n) is 5.16. The maximum atomic E-state index is 12.6. The summed E-state index contributed by atoms with van der Waals surface area (Å²) in [6.07, 6.45) is -3.87. The van der Waals surface area contributed by atoms with Crippen molar-refractivity contribution in [3.05, 3.63) is 53.6 Å². The number of benzene rings is 2. The molecule has 0 unspecified atom stereocenters. The van der Waals surface area contributed by atoms with Crippen LogP contribution in [0, 0.1) is 5.92 Å². The van der Waals surface area contributed by atoms with E-state index in [1.54, 1.807) is 23.1 Å². The van der Waals surface area contributed by atoms with Crippen molar-refractivity contribution in [3.63, 3.8) is 0 Å². The molecule has 1 fully saturated rings. The van der Waals surface area contributed by atoms with Crippen LogP contribution < -0.4 is 19.7 Å². The quantitative estimate of drug-likeness (QED) is 0.807. The number of alkyl halides is 3. The fourth-order valence-corrected chi connectivity index (χ4v) is 3.52. The molecule has 2 aromatic carbocycles. The maximum Gasteiger partial charge on any atom is 0.416 e. The number of ether oxygens (including phenoxy) is 2. The fourth-order valence-electron chi connectivity index (χ4n) is 3.52. The van der Waals surface area contributed by atoms with E-state index in [1.165, 1.54) is 12.1 Å². The number of anilines is 1. The SMILES string of the molecule is O=C(NCCc1ccc(C(F)(F)F)cc1)[C@@H]1CC(=O)N(c2ccc3c(c2)OCO3)C1. The Kier molecular flexibility index (Phi) is 5.27. The first-order chi connectivity index (χ1) is 14.3. The number of hydrogen-bond donors (Lipinski definition) is 1. The van der Waals surface area contributed by atoms with Gasteiger partial charge in [0.25, 0.3) is 0 Å². The molecule has 1 saturated heterocycles. The van der Waals surface area contributed by atoms with Crippen LogP contribution in [0.15, 0.2) is 42.5 Å². The van der Waals surface area contributed by atoms with Crippen LogP contribution in [0.3, 0.4) is 0 Å². The topological polar surface area (TPSA) is 67.9 Å². The summed E-state index contributed by atoms with van der Waals surface area (Å²) in [6.45, 7) is 0.667. The molecule has 30 heavy (non-hydrogen) atoms. The first-order valence-corrected chi connectivity index (χ1v) is 9.45. The average Bonchev–Trinajstić information content (AvgIpc) is 3.33. The zero-order valence-corrected chi connectivity index (χ0v) is 15.9. The molecule has 0 radical (unpaired) electrons. The minimum atomic E-state index is -4.37. The van der Waals surface area contributed by atoms with Gasteiger partial charge in [0.15, 0.2) is 11.5 Å². The predicted octanol–water partition coefficient (Wildman–Crippen LogP) is 3.15. The van der Waals surface area contributed by atoms with Gasteiger partial charge < -0.3 is 19.7 Å². The number of hydrogen-bond acceptors (Lipinski definition) is 4. The van der Waals surface area contributed by atoms with Gasteiger partial charge in [-0.1, -0.05) is 12.1 Å². The van der Waals surface area contributed by atoms with Crippen LogP contribution in [-0.2, 0) is 22.2 Å². The van der Waals surface area contributed by atoms with E-state index in [0.29, 0.717) is 29.2 Å². The van der Waals surface area contributed by atoms with Crippen LogP contribution in [0.5, 0.6) is 11.5 Å². The van der Waals surface area contributed by atoms with Gasteiger partial charge >= 0.3 is 6.18 Å². The molecule has 0 aromatic heterocycles. The lowest BCUT2D eigenvalue weighted by atomic mass is 10.1. The summed E-state index contributed by atoms with van der Waals surface area (Å²) in [6, 6.07) is 10.0. The number of nitrogens with zero attached hydrogens (tertiary/aromatic N) is 1. The second kappa shape index (κ2) is 7.89. The molecule has 0 saturated carbocycles. The van der Waals surface area contributed by atoms with Crippen LogP contribution in [0.1, 0.15) is 17.5 Å². The van der Waals surface area contributed by atoms with Crippen LogP contribution in [0.25, 0.3) is 0 Å². The Morgan fingerprint density at radius 3 is 2.57 bits per heavy atom.